The second-order valence-electron chi connectivity index (χ2n) is 8.53. The first-order valence-electron chi connectivity index (χ1n) is 11.7. The molecule has 1 N–H and O–H groups in total. The van der Waals surface area contributed by atoms with Gasteiger partial charge in [0.1, 0.15) is 12.4 Å². The fourth-order valence-corrected chi connectivity index (χ4v) is 6.00. The van der Waals surface area contributed by atoms with Gasteiger partial charge in [0, 0.05) is 52.8 Å². The van der Waals surface area contributed by atoms with Crippen LogP contribution < -0.4 is 10.1 Å². The maximum atomic E-state index is 13.6. The normalized spacial score (nSPS) is 19.8. The van der Waals surface area contributed by atoms with Crippen LogP contribution in [-0.4, -0.2) is 35.8 Å². The maximum absolute atomic E-state index is 13.6. The van der Waals surface area contributed by atoms with Crippen LogP contribution in [-0.2, 0) is 19.1 Å². The monoisotopic (exact) mass is 511 g/mol. The summed E-state index contributed by atoms with van der Waals surface area (Å²) in [5.41, 5.74) is 3.42. The Morgan fingerprint density at radius 3 is 2.60 bits per heavy atom. The smallest absolute Gasteiger partial charge is 0.336 e. The van der Waals surface area contributed by atoms with Gasteiger partial charge < -0.3 is 14.8 Å². The molecule has 0 radical (unpaired) electrons. The molecule has 0 amide bonds. The second-order valence-corrected chi connectivity index (χ2v) is 10.9. The summed E-state index contributed by atoms with van der Waals surface area (Å²) < 4.78 is 10.8. The molecule has 1 aliphatic carbocycles. The highest BCUT2D eigenvalue weighted by molar-refractivity contribution is 7.99. The lowest BCUT2D eigenvalue weighted by Gasteiger charge is -2.36. The van der Waals surface area contributed by atoms with Crippen LogP contribution in [0.4, 0.5) is 0 Å². The van der Waals surface area contributed by atoms with Gasteiger partial charge in [0.05, 0.1) is 5.57 Å². The number of nitrogens with one attached hydrogen (secondary N) is 1. The molecule has 0 saturated carbocycles. The van der Waals surface area contributed by atoms with Crippen molar-refractivity contribution < 1.29 is 23.9 Å². The molecule has 4 rings (SSSR count). The Balaban J connectivity index is 1.70. The van der Waals surface area contributed by atoms with E-state index in [2.05, 4.69) is 18.3 Å². The SMILES string of the molecule is CCSCCOC(=O)C1=C(C)NC2=C(C(=O)CC(c3cccs3)C2)C1c1ccc(OC(C)=O)cc1. The highest BCUT2D eigenvalue weighted by Gasteiger charge is 2.41. The standard InChI is InChI=1S/C27H29NO5S2/c1-4-34-13-11-32-27(31)24-16(2)28-21-14-19(23-6-5-12-35-23)15-22(30)26(21)25(24)18-7-9-20(10-8-18)33-17(3)29/h5-10,12,19,25,28H,4,11,13-15H2,1-3H3. The van der Waals surface area contributed by atoms with Crippen LogP contribution in [0.15, 0.2) is 64.3 Å². The van der Waals surface area contributed by atoms with E-state index in [1.165, 1.54) is 11.8 Å². The minimum absolute atomic E-state index is 0.0329. The first-order valence-corrected chi connectivity index (χ1v) is 13.7. The lowest BCUT2D eigenvalue weighted by molar-refractivity contribution is -0.138. The predicted octanol–water partition coefficient (Wildman–Crippen LogP) is 5.33. The van der Waals surface area contributed by atoms with Crippen LogP contribution in [0.25, 0.3) is 0 Å². The zero-order valence-corrected chi connectivity index (χ0v) is 21.7. The van der Waals surface area contributed by atoms with Gasteiger partial charge in [-0.2, -0.15) is 11.8 Å². The number of rotatable bonds is 8. The molecule has 1 aromatic carbocycles. The Hall–Kier alpha value is -2.84. The molecule has 1 aromatic heterocycles. The molecule has 2 atom stereocenters. The number of hydrogen-bond donors (Lipinski definition) is 1. The molecule has 6 nitrogen and oxygen atoms in total. The van der Waals surface area contributed by atoms with Crippen molar-refractivity contribution in [3.05, 3.63) is 74.8 Å². The number of ether oxygens (including phenoxy) is 2. The zero-order chi connectivity index (χ0) is 24.9. The molecule has 0 fully saturated rings. The molecule has 0 bridgehead atoms. The molecule has 2 aliphatic rings. The van der Waals surface area contributed by atoms with Gasteiger partial charge in [-0.05, 0) is 48.2 Å². The summed E-state index contributed by atoms with van der Waals surface area (Å²) in [6, 6.07) is 11.1. The van der Waals surface area contributed by atoms with Crippen LogP contribution in [0.1, 0.15) is 55.9 Å². The lowest BCUT2D eigenvalue weighted by atomic mass is 9.72. The van der Waals surface area contributed by atoms with Crippen LogP contribution in [0, 0.1) is 0 Å². The number of benzene rings is 1. The molecule has 0 spiro atoms. The largest absolute Gasteiger partial charge is 0.461 e. The number of Topliss-reactive ketones (excluding diaryl/α,β-unsaturated/α-hetero) is 1. The number of ketones is 1. The average molecular weight is 512 g/mol. The van der Waals surface area contributed by atoms with Gasteiger partial charge in [-0.15, -0.1) is 11.3 Å². The number of dihydropyridines is 1. The molecule has 184 valence electrons. The number of hydrogen-bond acceptors (Lipinski definition) is 8. The third kappa shape index (κ3) is 5.70. The molecular weight excluding hydrogens is 482 g/mol. The van der Waals surface area contributed by atoms with Gasteiger partial charge in [0.25, 0.3) is 0 Å². The number of carbonyl (C=O) groups excluding carboxylic acids is 3. The van der Waals surface area contributed by atoms with Gasteiger partial charge in [0.2, 0.25) is 0 Å². The van der Waals surface area contributed by atoms with Crippen molar-refractivity contribution in [2.75, 3.05) is 18.1 Å². The van der Waals surface area contributed by atoms with Crippen molar-refractivity contribution in [2.24, 2.45) is 0 Å². The van der Waals surface area contributed by atoms with Gasteiger partial charge in [-0.3, -0.25) is 9.59 Å². The fourth-order valence-electron chi connectivity index (χ4n) is 4.68. The van der Waals surface area contributed by atoms with Gasteiger partial charge in [-0.1, -0.05) is 25.1 Å². The summed E-state index contributed by atoms with van der Waals surface area (Å²) in [5.74, 6) is 0.878. The third-order valence-corrected chi connectivity index (χ3v) is 8.03. The van der Waals surface area contributed by atoms with Crippen molar-refractivity contribution in [2.45, 2.75) is 45.4 Å². The summed E-state index contributed by atoms with van der Waals surface area (Å²) in [7, 11) is 0. The fraction of sp³-hybridized carbons (Fsp3) is 0.370. The number of allylic oxidation sites excluding steroid dienone is 3. The first kappa shape index (κ1) is 25.3. The van der Waals surface area contributed by atoms with Gasteiger partial charge in [-0.25, -0.2) is 4.79 Å². The van der Waals surface area contributed by atoms with E-state index in [1.807, 2.05) is 30.5 Å². The van der Waals surface area contributed by atoms with Crippen LogP contribution in [0.2, 0.25) is 0 Å². The minimum atomic E-state index is -0.541. The minimum Gasteiger partial charge on any atom is -0.461 e. The van der Waals surface area contributed by atoms with E-state index >= 15 is 0 Å². The quantitative estimate of drug-likeness (QED) is 0.291. The van der Waals surface area contributed by atoms with E-state index in [9.17, 15) is 14.4 Å². The molecule has 2 unspecified atom stereocenters. The summed E-state index contributed by atoms with van der Waals surface area (Å²) in [5, 5.41) is 5.41. The number of thioether (sulfide) groups is 1. The van der Waals surface area contributed by atoms with Crippen molar-refractivity contribution in [3.63, 3.8) is 0 Å². The Morgan fingerprint density at radius 2 is 1.94 bits per heavy atom. The Labute approximate surface area is 213 Å². The molecular formula is C27H29NO5S2. The topological polar surface area (TPSA) is 81.7 Å². The Bertz CT molecular complexity index is 1160. The number of esters is 2. The lowest BCUT2D eigenvalue weighted by Crippen LogP contribution is -2.36. The van der Waals surface area contributed by atoms with Crippen molar-refractivity contribution in [3.8, 4) is 5.75 Å². The predicted molar refractivity (Wildman–Crippen MR) is 139 cm³/mol. The van der Waals surface area contributed by atoms with Crippen LogP contribution in [0.3, 0.4) is 0 Å². The van der Waals surface area contributed by atoms with Crippen LogP contribution in [0.5, 0.6) is 5.75 Å². The molecule has 1 aliphatic heterocycles. The van der Waals surface area contributed by atoms with E-state index in [0.29, 0.717) is 42.0 Å². The number of thiophene rings is 1. The van der Waals surface area contributed by atoms with Crippen molar-refractivity contribution in [1.82, 2.24) is 5.32 Å². The van der Waals surface area contributed by atoms with E-state index in [4.69, 9.17) is 9.47 Å². The zero-order valence-electron chi connectivity index (χ0n) is 20.1. The van der Waals surface area contributed by atoms with Gasteiger partial charge in [0.15, 0.2) is 5.78 Å². The summed E-state index contributed by atoms with van der Waals surface area (Å²) >= 11 is 3.37. The molecule has 8 heteroatoms. The maximum Gasteiger partial charge on any atom is 0.336 e. The molecule has 2 heterocycles. The summed E-state index contributed by atoms with van der Waals surface area (Å²) in [4.78, 5) is 39.4. The molecule has 2 aromatic rings. The van der Waals surface area contributed by atoms with Crippen LogP contribution >= 0.6 is 23.1 Å². The second kappa shape index (κ2) is 11.3. The number of carbonyl (C=O) groups is 3. The van der Waals surface area contributed by atoms with Crippen molar-refractivity contribution >= 4 is 40.8 Å². The van der Waals surface area contributed by atoms with Gasteiger partial charge >= 0.3 is 11.9 Å². The Morgan fingerprint density at radius 1 is 1.17 bits per heavy atom. The average Bonchev–Trinajstić information content (AvgIpc) is 3.36. The summed E-state index contributed by atoms with van der Waals surface area (Å²) in [6.45, 7) is 5.58. The highest BCUT2D eigenvalue weighted by atomic mass is 32.2. The third-order valence-electron chi connectivity index (χ3n) is 6.13. The van der Waals surface area contributed by atoms with E-state index in [-0.39, 0.29) is 11.7 Å². The molecule has 0 saturated heterocycles. The van der Waals surface area contributed by atoms with E-state index < -0.39 is 17.9 Å². The van der Waals surface area contributed by atoms with Crippen molar-refractivity contribution in [1.29, 1.82) is 0 Å². The highest BCUT2D eigenvalue weighted by Crippen LogP contribution is 2.46. The first-order chi connectivity index (χ1) is 16.9. The Kier molecular flexibility index (Phi) is 8.13. The summed E-state index contributed by atoms with van der Waals surface area (Å²) in [6.07, 6.45) is 1.11. The molecule has 35 heavy (non-hydrogen) atoms. The van der Waals surface area contributed by atoms with E-state index in [0.717, 1.165) is 22.8 Å². The van der Waals surface area contributed by atoms with E-state index in [1.54, 1.807) is 35.2 Å².